The lowest BCUT2D eigenvalue weighted by atomic mass is 10.0. The van der Waals surface area contributed by atoms with E-state index in [0.29, 0.717) is 29.4 Å². The number of hydrogen-bond donors (Lipinski definition) is 0. The van der Waals surface area contributed by atoms with Crippen LogP contribution in [0.5, 0.6) is 11.5 Å². The minimum Gasteiger partial charge on any atom is -0.493 e. The van der Waals surface area contributed by atoms with E-state index in [-0.39, 0.29) is 0 Å². The van der Waals surface area contributed by atoms with Gasteiger partial charge in [-0.25, -0.2) is 0 Å². The highest BCUT2D eigenvalue weighted by molar-refractivity contribution is 5.61. The Balaban J connectivity index is 1.41. The highest BCUT2D eigenvalue weighted by Gasteiger charge is 2.27. The molecule has 4 rings (SSSR count). The minimum absolute atomic E-state index is 0.573. The van der Waals surface area contributed by atoms with E-state index in [4.69, 9.17) is 14.0 Å². The third-order valence-electron chi connectivity index (χ3n) is 5.70. The van der Waals surface area contributed by atoms with Crippen molar-refractivity contribution < 1.29 is 14.0 Å². The average molecular weight is 372 g/mol. The molecule has 2 aromatic rings. The molecular weight excluding hydrogens is 344 g/mol. The van der Waals surface area contributed by atoms with Crippen LogP contribution in [0, 0.1) is 0 Å². The Labute approximate surface area is 160 Å². The lowest BCUT2D eigenvalue weighted by Gasteiger charge is -2.39. The second-order valence-corrected chi connectivity index (χ2v) is 7.29. The zero-order valence-electron chi connectivity index (χ0n) is 16.2. The Morgan fingerprint density at radius 2 is 1.70 bits per heavy atom. The number of methoxy groups -OCH3 is 2. The summed E-state index contributed by atoms with van der Waals surface area (Å²) in [5, 5.41) is 4.17. The standard InChI is InChI=1S/C20H28N4O3/c1-25-17-7-6-15(14-18(17)26-2)19-21-20(27-22-19)24-12-8-16(9-13-24)23-10-4-3-5-11-23/h6-7,14,16H,3-5,8-13H2,1-2H3. The molecule has 27 heavy (non-hydrogen) atoms. The van der Waals surface area contributed by atoms with E-state index in [0.717, 1.165) is 31.5 Å². The Bertz CT molecular complexity index is 749. The predicted octanol–water partition coefficient (Wildman–Crippen LogP) is 3.21. The molecule has 2 fully saturated rings. The number of benzene rings is 1. The summed E-state index contributed by atoms with van der Waals surface area (Å²) >= 11 is 0. The van der Waals surface area contributed by atoms with Gasteiger partial charge in [0, 0.05) is 24.7 Å². The fourth-order valence-corrected chi connectivity index (χ4v) is 4.14. The highest BCUT2D eigenvalue weighted by Crippen LogP contribution is 2.32. The van der Waals surface area contributed by atoms with Gasteiger partial charge in [-0.2, -0.15) is 4.98 Å². The van der Waals surface area contributed by atoms with Gasteiger partial charge in [-0.15, -0.1) is 0 Å². The Morgan fingerprint density at radius 1 is 0.963 bits per heavy atom. The maximum atomic E-state index is 5.55. The molecule has 7 nitrogen and oxygen atoms in total. The van der Waals surface area contributed by atoms with Gasteiger partial charge in [0.1, 0.15) is 0 Å². The second kappa shape index (κ2) is 8.17. The molecule has 0 radical (unpaired) electrons. The molecule has 0 N–H and O–H groups in total. The SMILES string of the molecule is COc1ccc(-c2noc(N3CCC(N4CCCCC4)CC3)n2)cc1OC. The molecule has 0 bridgehead atoms. The van der Waals surface area contributed by atoms with Gasteiger partial charge in [0.2, 0.25) is 5.82 Å². The monoisotopic (exact) mass is 372 g/mol. The average Bonchev–Trinajstić information content (AvgIpc) is 3.24. The summed E-state index contributed by atoms with van der Waals surface area (Å²) < 4.78 is 16.2. The van der Waals surface area contributed by atoms with Gasteiger partial charge in [-0.1, -0.05) is 11.6 Å². The normalized spacial score (nSPS) is 19.3. The van der Waals surface area contributed by atoms with Crippen molar-refractivity contribution in [1.82, 2.24) is 15.0 Å². The molecule has 146 valence electrons. The fraction of sp³-hybridized carbons (Fsp3) is 0.600. The summed E-state index contributed by atoms with van der Waals surface area (Å²) in [5.74, 6) is 1.91. The molecule has 0 saturated carbocycles. The predicted molar refractivity (Wildman–Crippen MR) is 103 cm³/mol. The molecule has 2 saturated heterocycles. The molecule has 7 heteroatoms. The Hall–Kier alpha value is -2.28. The first-order chi connectivity index (χ1) is 13.3. The minimum atomic E-state index is 0.573. The summed E-state index contributed by atoms with van der Waals surface area (Å²) in [6, 6.07) is 6.95. The van der Waals surface area contributed by atoms with Gasteiger partial charge in [0.25, 0.3) is 0 Å². The van der Waals surface area contributed by atoms with Crippen molar-refractivity contribution in [2.24, 2.45) is 0 Å². The molecule has 0 amide bonds. The first-order valence-electron chi connectivity index (χ1n) is 9.83. The van der Waals surface area contributed by atoms with Crippen LogP contribution in [-0.2, 0) is 0 Å². The first-order valence-corrected chi connectivity index (χ1v) is 9.83. The number of piperidine rings is 2. The molecule has 2 aliphatic heterocycles. The largest absolute Gasteiger partial charge is 0.493 e. The van der Waals surface area contributed by atoms with E-state index in [1.807, 2.05) is 18.2 Å². The molecule has 1 aromatic carbocycles. The zero-order valence-corrected chi connectivity index (χ0v) is 16.2. The van der Waals surface area contributed by atoms with Crippen LogP contribution in [0.3, 0.4) is 0 Å². The maximum absolute atomic E-state index is 5.55. The van der Waals surface area contributed by atoms with E-state index in [1.165, 1.54) is 32.4 Å². The summed E-state index contributed by atoms with van der Waals surface area (Å²) in [5.41, 5.74) is 0.853. The number of rotatable bonds is 5. The van der Waals surface area contributed by atoms with Crippen LogP contribution in [0.1, 0.15) is 32.1 Å². The van der Waals surface area contributed by atoms with Crippen LogP contribution in [0.4, 0.5) is 6.01 Å². The van der Waals surface area contributed by atoms with Gasteiger partial charge in [-0.3, -0.25) is 0 Å². The van der Waals surface area contributed by atoms with Crippen LogP contribution in [0.25, 0.3) is 11.4 Å². The Morgan fingerprint density at radius 3 is 2.41 bits per heavy atom. The van der Waals surface area contributed by atoms with Gasteiger partial charge >= 0.3 is 6.01 Å². The Kier molecular flexibility index (Phi) is 5.48. The van der Waals surface area contributed by atoms with Gasteiger partial charge < -0.3 is 23.8 Å². The fourth-order valence-electron chi connectivity index (χ4n) is 4.14. The van der Waals surface area contributed by atoms with Crippen LogP contribution < -0.4 is 14.4 Å². The molecule has 1 aromatic heterocycles. The number of hydrogen-bond acceptors (Lipinski definition) is 7. The number of nitrogens with zero attached hydrogens (tertiary/aromatic N) is 4. The van der Waals surface area contributed by atoms with Crippen molar-refractivity contribution in [2.75, 3.05) is 45.3 Å². The maximum Gasteiger partial charge on any atom is 0.324 e. The van der Waals surface area contributed by atoms with Crippen molar-refractivity contribution in [3.8, 4) is 22.9 Å². The van der Waals surface area contributed by atoms with E-state index >= 15 is 0 Å². The molecule has 0 spiro atoms. The lowest BCUT2D eigenvalue weighted by Crippen LogP contribution is -2.46. The molecule has 0 unspecified atom stereocenters. The van der Waals surface area contributed by atoms with Crippen LogP contribution in [-0.4, -0.2) is 61.5 Å². The topological polar surface area (TPSA) is 63.9 Å². The van der Waals surface area contributed by atoms with Crippen molar-refractivity contribution in [2.45, 2.75) is 38.1 Å². The quantitative estimate of drug-likeness (QED) is 0.798. The van der Waals surface area contributed by atoms with E-state index in [1.54, 1.807) is 14.2 Å². The van der Waals surface area contributed by atoms with Crippen molar-refractivity contribution in [3.05, 3.63) is 18.2 Å². The highest BCUT2D eigenvalue weighted by atomic mass is 16.5. The van der Waals surface area contributed by atoms with Gasteiger partial charge in [-0.05, 0) is 57.0 Å². The number of ether oxygens (including phenoxy) is 2. The van der Waals surface area contributed by atoms with Crippen molar-refractivity contribution in [1.29, 1.82) is 0 Å². The smallest absolute Gasteiger partial charge is 0.324 e. The molecule has 0 aliphatic carbocycles. The van der Waals surface area contributed by atoms with Gasteiger partial charge in [0.05, 0.1) is 14.2 Å². The van der Waals surface area contributed by atoms with Gasteiger partial charge in [0.15, 0.2) is 11.5 Å². The summed E-state index contributed by atoms with van der Waals surface area (Å²) in [6.45, 7) is 4.45. The molecule has 0 atom stereocenters. The summed E-state index contributed by atoms with van der Waals surface area (Å²) in [7, 11) is 3.24. The van der Waals surface area contributed by atoms with Crippen LogP contribution >= 0.6 is 0 Å². The van der Waals surface area contributed by atoms with E-state index in [2.05, 4.69) is 19.9 Å². The van der Waals surface area contributed by atoms with E-state index < -0.39 is 0 Å². The zero-order chi connectivity index (χ0) is 18.6. The lowest BCUT2D eigenvalue weighted by molar-refractivity contribution is 0.140. The molecule has 3 heterocycles. The summed E-state index contributed by atoms with van der Waals surface area (Å²) in [6.07, 6.45) is 6.40. The molecular formula is C20H28N4O3. The van der Waals surface area contributed by atoms with Crippen LogP contribution in [0.2, 0.25) is 0 Å². The second-order valence-electron chi connectivity index (χ2n) is 7.29. The molecule has 2 aliphatic rings. The number of anilines is 1. The number of aromatic nitrogens is 2. The van der Waals surface area contributed by atoms with E-state index in [9.17, 15) is 0 Å². The third-order valence-corrected chi connectivity index (χ3v) is 5.70. The summed E-state index contributed by atoms with van der Waals surface area (Å²) in [4.78, 5) is 9.49. The van der Waals surface area contributed by atoms with Crippen molar-refractivity contribution in [3.63, 3.8) is 0 Å². The first kappa shape index (κ1) is 18.1. The number of likely N-dealkylation sites (tertiary alicyclic amines) is 1. The third kappa shape index (κ3) is 3.88. The van der Waals surface area contributed by atoms with Crippen LogP contribution in [0.15, 0.2) is 22.7 Å². The van der Waals surface area contributed by atoms with Crippen molar-refractivity contribution >= 4 is 6.01 Å².